The molecule has 0 fully saturated rings. The van der Waals surface area contributed by atoms with E-state index in [4.69, 9.17) is 14.2 Å². The molecule has 0 bridgehead atoms. The van der Waals surface area contributed by atoms with Gasteiger partial charge in [-0.15, -0.1) is 0 Å². The van der Waals surface area contributed by atoms with E-state index < -0.39 is 10.8 Å². The van der Waals surface area contributed by atoms with E-state index in [1.807, 2.05) is 0 Å². The molecule has 5 aliphatic heterocycles. The average molecular weight is 1200 g/mol. The lowest BCUT2D eigenvalue weighted by atomic mass is 9.33. The van der Waals surface area contributed by atoms with Crippen LogP contribution in [0.25, 0.3) is 55.6 Å². The van der Waals surface area contributed by atoms with Crippen LogP contribution in [0.2, 0.25) is 0 Å². The Balaban J connectivity index is 0.934. The molecule has 0 aromatic heterocycles. The quantitative estimate of drug-likeness (QED) is 0.149. The maximum Gasteiger partial charge on any atom is 0.256 e. The van der Waals surface area contributed by atoms with Gasteiger partial charge in [0.15, 0.2) is 0 Å². The number of hydrogen-bond donors (Lipinski definition) is 0. The van der Waals surface area contributed by atoms with E-state index in [1.54, 1.807) is 0 Å². The predicted molar refractivity (Wildman–Crippen MR) is 385 cm³/mol. The molecule has 0 unspecified atom stereocenters. The van der Waals surface area contributed by atoms with Crippen LogP contribution in [0.3, 0.4) is 0 Å². The van der Waals surface area contributed by atoms with Crippen molar-refractivity contribution in [2.45, 2.75) is 24.7 Å². The Labute approximate surface area is 547 Å². The zero-order valence-corrected chi connectivity index (χ0v) is 51.8. The van der Waals surface area contributed by atoms with Crippen molar-refractivity contribution in [3.05, 3.63) is 355 Å². The van der Waals surface area contributed by atoms with Crippen LogP contribution < -0.4 is 40.4 Å². The lowest BCUT2D eigenvalue weighted by Gasteiger charge is -2.48. The standard InChI is InChI=1S/C88H59BN2O3/c1-87(2)68-37-19-23-41-80(68)93-83-55-73-78(54-72(83)87)91(75-46-44-60(56-26-8-3-9-27-56)48-65(75)58-30-12-5-13-31-58)79-52-63(53-84-85(79)89(73)74-51-62(57-28-10-4-11-29-57)49-66(86(74)94-84)59-32-14-6-15-33-59)61-45-47-77-71(50-61)88(67-36-18-22-40-76(67)90(77)64-34-16-7-17-35-64)69-38-20-24-42-81(69)92-82-43-25-21-39-70(82)88/h3-55H,1-2H3. The summed E-state index contributed by atoms with van der Waals surface area (Å²) in [5, 5.41) is 0. The molecule has 0 N–H and O–H groups in total. The van der Waals surface area contributed by atoms with Crippen molar-refractivity contribution in [2.75, 3.05) is 9.80 Å². The van der Waals surface area contributed by atoms with Gasteiger partial charge in [-0.2, -0.15) is 0 Å². The minimum atomic E-state index is -0.800. The number of fused-ring (bicyclic) bond motifs is 14. The smallest absolute Gasteiger partial charge is 0.256 e. The van der Waals surface area contributed by atoms with Crippen LogP contribution in [0.4, 0.5) is 34.1 Å². The van der Waals surface area contributed by atoms with Crippen molar-refractivity contribution in [2.24, 2.45) is 0 Å². The summed E-state index contributed by atoms with van der Waals surface area (Å²) in [4.78, 5) is 5.01. The molecule has 1 spiro atoms. The molecular formula is C88H59BN2O3. The Morgan fingerprint density at radius 1 is 0.266 bits per heavy atom. The Morgan fingerprint density at radius 2 is 0.755 bits per heavy atom. The van der Waals surface area contributed by atoms with Crippen molar-refractivity contribution < 1.29 is 14.2 Å². The van der Waals surface area contributed by atoms with Gasteiger partial charge in [0, 0.05) is 55.9 Å². The third-order valence-electron chi connectivity index (χ3n) is 20.4. The number of benzene rings is 14. The third-order valence-corrected chi connectivity index (χ3v) is 20.4. The molecule has 0 atom stereocenters. The zero-order chi connectivity index (χ0) is 62.2. The van der Waals surface area contributed by atoms with Crippen molar-refractivity contribution in [1.29, 1.82) is 0 Å². The van der Waals surface area contributed by atoms with Crippen LogP contribution in [0.1, 0.15) is 47.2 Å². The zero-order valence-electron chi connectivity index (χ0n) is 51.8. The van der Waals surface area contributed by atoms with Gasteiger partial charge in [0.2, 0.25) is 0 Å². The second-order valence-corrected chi connectivity index (χ2v) is 25.8. The molecule has 5 heterocycles. The summed E-state index contributed by atoms with van der Waals surface area (Å²) in [6, 6.07) is 117. The van der Waals surface area contributed by atoms with Crippen molar-refractivity contribution >= 4 is 57.2 Å². The van der Waals surface area contributed by atoms with Crippen LogP contribution in [0, 0.1) is 0 Å². The summed E-state index contributed by atoms with van der Waals surface area (Å²) < 4.78 is 22.0. The van der Waals surface area contributed by atoms with Gasteiger partial charge in [-0.1, -0.05) is 244 Å². The molecule has 0 saturated carbocycles. The van der Waals surface area contributed by atoms with Gasteiger partial charge < -0.3 is 24.0 Å². The molecule has 19 rings (SSSR count). The fraction of sp³-hybridized carbons (Fsp3) is 0.0455. The van der Waals surface area contributed by atoms with Gasteiger partial charge >= 0.3 is 0 Å². The second kappa shape index (κ2) is 20.8. The van der Waals surface area contributed by atoms with Crippen LogP contribution in [-0.4, -0.2) is 6.71 Å². The summed E-state index contributed by atoms with van der Waals surface area (Å²) in [6.45, 7) is 4.38. The van der Waals surface area contributed by atoms with Gasteiger partial charge in [-0.25, -0.2) is 0 Å². The van der Waals surface area contributed by atoms with Gasteiger partial charge in [-0.3, -0.25) is 0 Å². The van der Waals surface area contributed by atoms with E-state index in [1.165, 1.54) is 5.56 Å². The summed E-state index contributed by atoms with van der Waals surface area (Å²) >= 11 is 0. The molecule has 14 aromatic carbocycles. The summed E-state index contributed by atoms with van der Waals surface area (Å²) in [5.41, 5.74) is 26.2. The first kappa shape index (κ1) is 53.9. The van der Waals surface area contributed by atoms with Gasteiger partial charge in [-0.05, 0) is 163 Å². The average Bonchev–Trinajstić information content (AvgIpc) is 0.689. The lowest BCUT2D eigenvalue weighted by molar-refractivity contribution is 0.418. The van der Waals surface area contributed by atoms with E-state index >= 15 is 0 Å². The second-order valence-electron chi connectivity index (χ2n) is 25.8. The monoisotopic (exact) mass is 1200 g/mol. The van der Waals surface area contributed by atoms with Gasteiger partial charge in [0.1, 0.15) is 34.5 Å². The Hall–Kier alpha value is -11.9. The van der Waals surface area contributed by atoms with Gasteiger partial charge in [0.05, 0.1) is 22.5 Å². The molecule has 94 heavy (non-hydrogen) atoms. The molecule has 0 radical (unpaired) electrons. The highest BCUT2D eigenvalue weighted by molar-refractivity contribution is 6.99. The predicted octanol–water partition coefficient (Wildman–Crippen LogP) is 21.1. The molecule has 0 aliphatic carbocycles. The van der Waals surface area contributed by atoms with Crippen LogP contribution in [0.5, 0.6) is 34.5 Å². The van der Waals surface area contributed by atoms with Crippen molar-refractivity contribution in [3.8, 4) is 90.1 Å². The van der Waals surface area contributed by atoms with Crippen LogP contribution >= 0.6 is 0 Å². The van der Waals surface area contributed by atoms with E-state index in [-0.39, 0.29) is 6.71 Å². The highest BCUT2D eigenvalue weighted by atomic mass is 16.5. The maximum atomic E-state index is 7.90. The number of anilines is 6. The summed E-state index contributed by atoms with van der Waals surface area (Å²) in [6.07, 6.45) is 0. The number of nitrogens with zero attached hydrogens (tertiary/aromatic N) is 2. The van der Waals surface area contributed by atoms with E-state index in [0.29, 0.717) is 0 Å². The van der Waals surface area contributed by atoms with E-state index in [2.05, 4.69) is 345 Å². The van der Waals surface area contributed by atoms with Crippen molar-refractivity contribution in [3.63, 3.8) is 0 Å². The fourth-order valence-corrected chi connectivity index (χ4v) is 16.1. The highest BCUT2D eigenvalue weighted by Gasteiger charge is 2.52. The van der Waals surface area contributed by atoms with Crippen molar-refractivity contribution in [1.82, 2.24) is 0 Å². The summed E-state index contributed by atoms with van der Waals surface area (Å²) in [5.74, 6) is 5.03. The maximum absolute atomic E-state index is 7.90. The topological polar surface area (TPSA) is 34.2 Å². The van der Waals surface area contributed by atoms with E-state index in [0.717, 1.165) is 168 Å². The number of hydrogen-bond acceptors (Lipinski definition) is 5. The molecule has 6 heteroatoms. The number of ether oxygens (including phenoxy) is 3. The first-order chi connectivity index (χ1) is 46.4. The molecule has 0 amide bonds. The molecule has 5 nitrogen and oxygen atoms in total. The minimum absolute atomic E-state index is 0.309. The number of rotatable bonds is 7. The first-order valence-corrected chi connectivity index (χ1v) is 32.5. The Morgan fingerprint density at radius 3 is 1.41 bits per heavy atom. The molecule has 5 aliphatic rings. The summed E-state index contributed by atoms with van der Waals surface area (Å²) in [7, 11) is 0. The fourth-order valence-electron chi connectivity index (χ4n) is 16.1. The third kappa shape index (κ3) is 8.02. The highest BCUT2D eigenvalue weighted by Crippen LogP contribution is 2.64. The minimum Gasteiger partial charge on any atom is -0.458 e. The van der Waals surface area contributed by atoms with Gasteiger partial charge in [0.25, 0.3) is 6.71 Å². The normalized spacial score (nSPS) is 14.2. The number of para-hydroxylation sites is 5. The molecule has 14 aromatic rings. The molecular weight excluding hydrogens is 1140 g/mol. The molecule has 0 saturated heterocycles. The van der Waals surface area contributed by atoms with Crippen LogP contribution in [0.15, 0.2) is 322 Å². The Kier molecular flexibility index (Phi) is 12.0. The SMILES string of the molecule is CC1(C)c2ccccc2Oc2cc3c(cc21)N(c1ccc(-c2ccccc2)cc1-c1ccccc1)c1cc(-c2ccc4c(c2)C2(c5ccccc5Oc5ccccc52)c2ccccc2N4c2ccccc2)cc2c1B3c1cc(-c3ccccc3)cc(-c3ccccc3)c1O2. The van der Waals surface area contributed by atoms with E-state index in [9.17, 15) is 0 Å². The largest absolute Gasteiger partial charge is 0.458 e. The Bertz CT molecular complexity index is 5360. The lowest BCUT2D eigenvalue weighted by Crippen LogP contribution is -2.60. The first-order valence-electron chi connectivity index (χ1n) is 32.5. The van der Waals surface area contributed by atoms with Crippen LogP contribution in [-0.2, 0) is 10.8 Å². The molecule has 442 valence electrons.